The summed E-state index contributed by atoms with van der Waals surface area (Å²) in [6.07, 6.45) is 4.86. The van der Waals surface area contributed by atoms with Crippen LogP contribution in [0.25, 0.3) is 0 Å². The summed E-state index contributed by atoms with van der Waals surface area (Å²) in [5, 5.41) is 0. The average molecular weight is 257 g/mol. The maximum absolute atomic E-state index is 9.95. The lowest BCUT2D eigenvalue weighted by Crippen LogP contribution is -2.02. The van der Waals surface area contributed by atoms with Gasteiger partial charge in [-0.1, -0.05) is 13.3 Å². The molecule has 7 heteroatoms. The molecule has 0 aliphatic rings. The van der Waals surface area contributed by atoms with E-state index < -0.39 is 10.1 Å². The Labute approximate surface area is 96.5 Å². The molecule has 1 aromatic rings. The zero-order chi connectivity index (χ0) is 11.0. The highest BCUT2D eigenvalue weighted by Crippen LogP contribution is 1.90. The summed E-state index contributed by atoms with van der Waals surface area (Å²) in [6, 6.07) is 0. The van der Waals surface area contributed by atoms with Crippen molar-refractivity contribution in [1.29, 1.82) is 0 Å². The summed E-state index contributed by atoms with van der Waals surface area (Å²) in [6.45, 7) is 3.78. The van der Waals surface area contributed by atoms with Crippen molar-refractivity contribution in [3.05, 3.63) is 18.2 Å². The Hall–Kier alpha value is -0.590. The Balaban J connectivity index is 0. The third kappa shape index (κ3) is 13.4. The lowest BCUT2D eigenvalue weighted by atomic mass is 10.4. The molecule has 0 bridgehead atoms. The number of rotatable bonds is 3. The summed E-state index contributed by atoms with van der Waals surface area (Å²) in [5.74, 6) is 0.860. The van der Waals surface area contributed by atoms with Crippen molar-refractivity contribution >= 4 is 22.5 Å². The maximum atomic E-state index is 9.95. The first kappa shape index (κ1) is 16.8. The number of aryl methyl sites for hydroxylation is 1. The molecule has 1 aromatic heterocycles. The molecule has 90 valence electrons. The summed E-state index contributed by atoms with van der Waals surface area (Å²) in [5.41, 5.74) is 0. The highest BCUT2D eigenvalue weighted by Gasteiger charge is 2.00. The van der Waals surface area contributed by atoms with Crippen molar-refractivity contribution in [1.82, 2.24) is 9.97 Å². The molecule has 0 unspecified atom stereocenters. The second-order valence-corrected chi connectivity index (χ2v) is 4.39. The second-order valence-electron chi connectivity index (χ2n) is 2.81. The fourth-order valence-electron chi connectivity index (χ4n) is 0.671. The molecule has 0 aliphatic carbocycles. The molecular formula is C8H17ClN2O3S. The van der Waals surface area contributed by atoms with Crippen molar-refractivity contribution < 1.29 is 13.0 Å². The van der Waals surface area contributed by atoms with Gasteiger partial charge in [-0.3, -0.25) is 4.55 Å². The standard InChI is InChI=1S/C4H6N2.C4H10O3S.ClH/c1-4-5-2-3-6-4;1-2-3-4-8(5,6)7;/h2-3H,1H3,(H,5,6);2-4H2,1H3,(H,5,6,7);1H. The van der Waals surface area contributed by atoms with E-state index >= 15 is 0 Å². The molecule has 0 radical (unpaired) electrons. The Morgan fingerprint density at radius 1 is 1.53 bits per heavy atom. The predicted molar refractivity (Wildman–Crippen MR) is 61.9 cm³/mol. The van der Waals surface area contributed by atoms with Crippen molar-refractivity contribution in [2.75, 3.05) is 5.75 Å². The Morgan fingerprint density at radius 2 is 2.13 bits per heavy atom. The van der Waals surface area contributed by atoms with Gasteiger partial charge in [-0.05, 0) is 13.3 Å². The van der Waals surface area contributed by atoms with Crippen LogP contribution in [0.1, 0.15) is 25.6 Å². The molecule has 2 N–H and O–H groups in total. The lowest BCUT2D eigenvalue weighted by molar-refractivity contribution is 0.480. The molecule has 0 saturated heterocycles. The molecule has 0 aromatic carbocycles. The molecule has 0 spiro atoms. The highest BCUT2D eigenvalue weighted by atomic mass is 35.5. The van der Waals surface area contributed by atoms with E-state index in [0.717, 1.165) is 12.2 Å². The minimum absolute atomic E-state index is 0. The van der Waals surface area contributed by atoms with Crippen LogP contribution >= 0.6 is 12.4 Å². The fraction of sp³-hybridized carbons (Fsp3) is 0.625. The number of nitrogens with zero attached hydrogens (tertiary/aromatic N) is 1. The lowest BCUT2D eigenvalue weighted by Gasteiger charge is -1.90. The zero-order valence-corrected chi connectivity index (χ0v) is 10.4. The van der Waals surface area contributed by atoms with Gasteiger partial charge in [0, 0.05) is 12.4 Å². The van der Waals surface area contributed by atoms with Crippen LogP contribution in [0, 0.1) is 6.92 Å². The van der Waals surface area contributed by atoms with E-state index in [2.05, 4.69) is 9.97 Å². The largest absolute Gasteiger partial charge is 0.349 e. The number of aromatic amines is 1. The minimum Gasteiger partial charge on any atom is -0.349 e. The topological polar surface area (TPSA) is 83.1 Å². The zero-order valence-electron chi connectivity index (χ0n) is 8.80. The number of halogens is 1. The van der Waals surface area contributed by atoms with Crippen molar-refractivity contribution in [3.8, 4) is 0 Å². The number of hydrogen-bond acceptors (Lipinski definition) is 3. The normalized spacial score (nSPS) is 9.80. The first-order valence-corrected chi connectivity index (χ1v) is 5.97. The molecule has 0 saturated carbocycles. The van der Waals surface area contributed by atoms with Gasteiger partial charge in [0.25, 0.3) is 10.1 Å². The number of H-pyrrole nitrogens is 1. The molecule has 5 nitrogen and oxygen atoms in total. The van der Waals surface area contributed by atoms with Gasteiger partial charge >= 0.3 is 0 Å². The predicted octanol–water partition coefficient (Wildman–Crippen LogP) is 1.81. The number of imidazole rings is 1. The van der Waals surface area contributed by atoms with Crippen molar-refractivity contribution in [2.45, 2.75) is 26.7 Å². The van der Waals surface area contributed by atoms with Gasteiger partial charge in [0.2, 0.25) is 0 Å². The highest BCUT2D eigenvalue weighted by molar-refractivity contribution is 7.85. The summed E-state index contributed by atoms with van der Waals surface area (Å²) in [7, 11) is -3.69. The van der Waals surface area contributed by atoms with Gasteiger partial charge in [0.1, 0.15) is 5.82 Å². The summed E-state index contributed by atoms with van der Waals surface area (Å²) < 4.78 is 28.0. The van der Waals surface area contributed by atoms with Crippen molar-refractivity contribution in [3.63, 3.8) is 0 Å². The van der Waals surface area contributed by atoms with Crippen LogP contribution in [0.4, 0.5) is 0 Å². The van der Waals surface area contributed by atoms with E-state index in [1.165, 1.54) is 0 Å². The maximum Gasteiger partial charge on any atom is 0.264 e. The Kier molecular flexibility index (Phi) is 9.76. The molecule has 15 heavy (non-hydrogen) atoms. The van der Waals surface area contributed by atoms with E-state index in [1.807, 2.05) is 13.8 Å². The van der Waals surface area contributed by atoms with Crippen LogP contribution in [0.3, 0.4) is 0 Å². The van der Waals surface area contributed by atoms with Gasteiger partial charge in [-0.15, -0.1) is 12.4 Å². The third-order valence-electron chi connectivity index (χ3n) is 1.39. The third-order valence-corrected chi connectivity index (χ3v) is 2.20. The first-order chi connectivity index (χ1) is 6.45. The number of unbranched alkanes of at least 4 members (excludes halogenated alkanes) is 1. The smallest absolute Gasteiger partial charge is 0.264 e. The van der Waals surface area contributed by atoms with Crippen LogP contribution < -0.4 is 0 Å². The Bertz CT molecular complexity index is 324. The SMILES string of the molecule is CCCCS(=O)(=O)O.Cc1ncc[nH]1.Cl. The van der Waals surface area contributed by atoms with Crippen LogP contribution in [-0.4, -0.2) is 28.7 Å². The minimum atomic E-state index is -3.69. The van der Waals surface area contributed by atoms with E-state index in [-0.39, 0.29) is 18.2 Å². The number of hydrogen-bond donors (Lipinski definition) is 2. The number of aromatic nitrogens is 2. The molecular weight excluding hydrogens is 240 g/mol. The molecule has 1 heterocycles. The average Bonchev–Trinajstić information content (AvgIpc) is 2.52. The molecule has 0 amide bonds. The quantitative estimate of drug-likeness (QED) is 0.808. The van der Waals surface area contributed by atoms with Gasteiger partial charge < -0.3 is 4.98 Å². The second kappa shape index (κ2) is 8.70. The van der Waals surface area contributed by atoms with Gasteiger partial charge in [0.15, 0.2) is 0 Å². The van der Waals surface area contributed by atoms with Gasteiger partial charge in [-0.25, -0.2) is 4.98 Å². The molecule has 0 fully saturated rings. The van der Waals surface area contributed by atoms with Gasteiger partial charge in [0.05, 0.1) is 5.75 Å². The van der Waals surface area contributed by atoms with E-state index in [0.29, 0.717) is 6.42 Å². The van der Waals surface area contributed by atoms with Crippen molar-refractivity contribution in [2.24, 2.45) is 0 Å². The summed E-state index contributed by atoms with van der Waals surface area (Å²) in [4.78, 5) is 6.75. The van der Waals surface area contributed by atoms with Crippen LogP contribution in [0.2, 0.25) is 0 Å². The van der Waals surface area contributed by atoms with E-state index in [9.17, 15) is 8.42 Å². The first-order valence-electron chi connectivity index (χ1n) is 4.37. The van der Waals surface area contributed by atoms with E-state index in [1.54, 1.807) is 12.4 Å². The molecule has 1 rings (SSSR count). The van der Waals surface area contributed by atoms with Gasteiger partial charge in [-0.2, -0.15) is 8.42 Å². The van der Waals surface area contributed by atoms with E-state index in [4.69, 9.17) is 4.55 Å². The monoisotopic (exact) mass is 256 g/mol. The molecule has 0 atom stereocenters. The Morgan fingerprint density at radius 3 is 2.27 bits per heavy atom. The molecule has 0 aliphatic heterocycles. The fourth-order valence-corrected chi connectivity index (χ4v) is 1.32. The number of nitrogens with one attached hydrogen (secondary N) is 1. The van der Waals surface area contributed by atoms with Crippen LogP contribution in [0.15, 0.2) is 12.4 Å². The van der Waals surface area contributed by atoms with Crippen LogP contribution in [-0.2, 0) is 10.1 Å². The van der Waals surface area contributed by atoms with Crippen LogP contribution in [0.5, 0.6) is 0 Å². The summed E-state index contributed by atoms with van der Waals surface area (Å²) >= 11 is 0.